The molecule has 34 heavy (non-hydrogen) atoms. The van der Waals surface area contributed by atoms with Crippen molar-refractivity contribution < 1.29 is 43.8 Å². The Labute approximate surface area is 193 Å². The van der Waals surface area contributed by atoms with Gasteiger partial charge in [-0.25, -0.2) is 0 Å². The van der Waals surface area contributed by atoms with Crippen molar-refractivity contribution in [2.75, 3.05) is 19.8 Å². The van der Waals surface area contributed by atoms with Crippen LogP contribution >= 0.6 is 0 Å². The lowest BCUT2D eigenvalue weighted by atomic mass is 9.99. The molecular formula is C24H24O10. The zero-order valence-electron chi connectivity index (χ0n) is 18.2. The molecule has 0 aliphatic carbocycles. The van der Waals surface area contributed by atoms with E-state index in [2.05, 4.69) is 0 Å². The van der Waals surface area contributed by atoms with Gasteiger partial charge in [0.05, 0.1) is 17.6 Å². The van der Waals surface area contributed by atoms with Gasteiger partial charge in [0, 0.05) is 6.07 Å². The van der Waals surface area contributed by atoms with E-state index >= 15 is 0 Å². The molecule has 3 heterocycles. The Bertz CT molecular complexity index is 1270. The van der Waals surface area contributed by atoms with E-state index in [0.29, 0.717) is 47.0 Å². The van der Waals surface area contributed by atoms with Crippen LogP contribution < -0.4 is 19.6 Å². The van der Waals surface area contributed by atoms with Gasteiger partial charge in [-0.05, 0) is 36.8 Å². The van der Waals surface area contributed by atoms with Gasteiger partial charge >= 0.3 is 0 Å². The maximum absolute atomic E-state index is 13.3. The number of hydrogen-bond acceptors (Lipinski definition) is 10. The fourth-order valence-corrected chi connectivity index (χ4v) is 4.19. The second kappa shape index (κ2) is 8.90. The van der Waals surface area contributed by atoms with E-state index < -0.39 is 37.3 Å². The molecule has 1 saturated heterocycles. The SMILES string of the molecule is Cc1oc2cc(OC3OC(CO)C(O)C(O)C3O)ccc2c(=O)c1-c1ccc2c(c1)OCCO2. The monoisotopic (exact) mass is 472 g/mol. The summed E-state index contributed by atoms with van der Waals surface area (Å²) >= 11 is 0. The molecule has 1 fully saturated rings. The summed E-state index contributed by atoms with van der Waals surface area (Å²) in [5.74, 6) is 1.77. The first-order valence-electron chi connectivity index (χ1n) is 10.8. The molecule has 2 aliphatic heterocycles. The third-order valence-electron chi connectivity index (χ3n) is 5.97. The quantitative estimate of drug-likeness (QED) is 0.428. The van der Waals surface area contributed by atoms with Crippen LogP contribution in [0.3, 0.4) is 0 Å². The molecule has 0 bridgehead atoms. The highest BCUT2D eigenvalue weighted by Gasteiger charge is 2.44. The number of fused-ring (bicyclic) bond motifs is 2. The van der Waals surface area contributed by atoms with Gasteiger partial charge < -0.3 is 43.8 Å². The van der Waals surface area contributed by atoms with E-state index in [9.17, 15) is 25.2 Å². The van der Waals surface area contributed by atoms with Gasteiger partial charge in [0.2, 0.25) is 11.7 Å². The summed E-state index contributed by atoms with van der Waals surface area (Å²) in [5, 5.41) is 39.7. The smallest absolute Gasteiger partial charge is 0.229 e. The normalized spacial score (nSPS) is 26.4. The lowest BCUT2D eigenvalue weighted by molar-refractivity contribution is -0.277. The summed E-state index contributed by atoms with van der Waals surface area (Å²) in [7, 11) is 0. The molecule has 0 radical (unpaired) electrons. The summed E-state index contributed by atoms with van der Waals surface area (Å²) in [4.78, 5) is 13.3. The van der Waals surface area contributed by atoms with Crippen molar-refractivity contribution in [2.24, 2.45) is 0 Å². The first kappa shape index (κ1) is 22.6. The third-order valence-corrected chi connectivity index (χ3v) is 5.97. The molecule has 180 valence electrons. The molecule has 4 N–H and O–H groups in total. The van der Waals surface area contributed by atoms with Crippen LogP contribution in [0.15, 0.2) is 45.6 Å². The van der Waals surface area contributed by atoms with Crippen LogP contribution in [0.2, 0.25) is 0 Å². The van der Waals surface area contributed by atoms with E-state index in [0.717, 1.165) is 0 Å². The minimum atomic E-state index is -1.56. The van der Waals surface area contributed by atoms with Crippen LogP contribution in [0.5, 0.6) is 17.2 Å². The summed E-state index contributed by atoms with van der Waals surface area (Å²) in [6, 6.07) is 9.78. The van der Waals surface area contributed by atoms with Crippen molar-refractivity contribution in [3.8, 4) is 28.4 Å². The van der Waals surface area contributed by atoms with E-state index in [-0.39, 0.29) is 16.8 Å². The molecule has 5 rings (SSSR count). The standard InChI is InChI=1S/C24H24O10/c1-11-19(12-2-5-15-17(8-12)31-7-6-30-15)20(26)14-4-3-13(9-16(14)32-11)33-24-23(29)22(28)21(27)18(10-25)34-24/h2-5,8-9,18,21-25,27-29H,6-7,10H2,1H3. The van der Waals surface area contributed by atoms with Gasteiger partial charge in [0.15, 0.2) is 11.5 Å². The predicted octanol–water partition coefficient (Wildman–Crippen LogP) is 0.718. The predicted molar refractivity (Wildman–Crippen MR) is 118 cm³/mol. The lowest BCUT2D eigenvalue weighted by Crippen LogP contribution is -2.60. The van der Waals surface area contributed by atoms with E-state index in [1.54, 1.807) is 25.1 Å². The maximum Gasteiger partial charge on any atom is 0.229 e. The molecule has 2 aromatic carbocycles. The zero-order chi connectivity index (χ0) is 24.0. The van der Waals surface area contributed by atoms with Crippen molar-refractivity contribution >= 4 is 11.0 Å². The number of benzene rings is 2. The first-order chi connectivity index (χ1) is 16.4. The van der Waals surface area contributed by atoms with Crippen molar-refractivity contribution in [2.45, 2.75) is 37.6 Å². The number of hydrogen-bond donors (Lipinski definition) is 4. The zero-order valence-corrected chi connectivity index (χ0v) is 18.2. The first-order valence-corrected chi connectivity index (χ1v) is 10.8. The summed E-state index contributed by atoms with van der Waals surface area (Å²) in [6.07, 6.45) is -7.06. The summed E-state index contributed by atoms with van der Waals surface area (Å²) < 4.78 is 28.1. The van der Waals surface area contributed by atoms with E-state index in [1.807, 2.05) is 0 Å². The molecular weight excluding hydrogens is 448 g/mol. The number of ether oxygens (including phenoxy) is 4. The number of aliphatic hydroxyl groups is 4. The van der Waals surface area contributed by atoms with Crippen molar-refractivity contribution in [3.05, 3.63) is 52.4 Å². The number of rotatable bonds is 4. The number of aliphatic hydroxyl groups excluding tert-OH is 4. The van der Waals surface area contributed by atoms with Crippen molar-refractivity contribution in [1.29, 1.82) is 0 Å². The minimum absolute atomic E-state index is 0.200. The summed E-state index contributed by atoms with van der Waals surface area (Å²) in [5.41, 5.74) is 1.05. The Morgan fingerprint density at radius 2 is 1.74 bits per heavy atom. The van der Waals surface area contributed by atoms with Crippen LogP contribution in [0, 0.1) is 6.92 Å². The van der Waals surface area contributed by atoms with Crippen LogP contribution in [0.4, 0.5) is 0 Å². The Kier molecular flexibility index (Phi) is 5.92. The van der Waals surface area contributed by atoms with Crippen LogP contribution in [-0.2, 0) is 4.74 Å². The molecule has 2 aliphatic rings. The highest BCUT2D eigenvalue weighted by atomic mass is 16.7. The third kappa shape index (κ3) is 3.89. The Morgan fingerprint density at radius 3 is 2.50 bits per heavy atom. The largest absolute Gasteiger partial charge is 0.486 e. The maximum atomic E-state index is 13.3. The molecule has 0 amide bonds. The van der Waals surface area contributed by atoms with Crippen molar-refractivity contribution in [3.63, 3.8) is 0 Å². The van der Waals surface area contributed by atoms with E-state index in [1.165, 1.54) is 18.2 Å². The molecule has 10 nitrogen and oxygen atoms in total. The fourth-order valence-electron chi connectivity index (χ4n) is 4.19. The molecule has 10 heteroatoms. The Morgan fingerprint density at radius 1 is 0.971 bits per heavy atom. The Balaban J connectivity index is 1.47. The molecule has 0 saturated carbocycles. The van der Waals surface area contributed by atoms with Gasteiger partial charge in [-0.2, -0.15) is 0 Å². The highest BCUT2D eigenvalue weighted by Crippen LogP contribution is 2.35. The summed E-state index contributed by atoms with van der Waals surface area (Å²) in [6.45, 7) is 2.01. The van der Waals surface area contributed by atoms with Gasteiger partial charge in [0.25, 0.3) is 0 Å². The lowest BCUT2D eigenvalue weighted by Gasteiger charge is -2.39. The second-order valence-corrected chi connectivity index (χ2v) is 8.19. The minimum Gasteiger partial charge on any atom is -0.486 e. The molecule has 0 spiro atoms. The van der Waals surface area contributed by atoms with E-state index in [4.69, 9.17) is 23.4 Å². The van der Waals surface area contributed by atoms with Crippen LogP contribution in [-0.4, -0.2) is 71.0 Å². The molecule has 3 aromatic rings. The van der Waals surface area contributed by atoms with Gasteiger partial charge in [-0.1, -0.05) is 6.07 Å². The van der Waals surface area contributed by atoms with Crippen LogP contribution in [0.25, 0.3) is 22.1 Å². The highest BCUT2D eigenvalue weighted by molar-refractivity contribution is 5.84. The molecule has 5 atom stereocenters. The van der Waals surface area contributed by atoms with Crippen molar-refractivity contribution in [1.82, 2.24) is 0 Å². The average molecular weight is 472 g/mol. The Hall–Kier alpha value is -3.15. The second-order valence-electron chi connectivity index (χ2n) is 8.19. The molecule has 1 aromatic heterocycles. The molecule has 5 unspecified atom stereocenters. The topological polar surface area (TPSA) is 148 Å². The fraction of sp³-hybridized carbons (Fsp3) is 0.375. The van der Waals surface area contributed by atoms with Gasteiger partial charge in [-0.15, -0.1) is 0 Å². The van der Waals surface area contributed by atoms with Gasteiger partial charge in [-0.3, -0.25) is 4.79 Å². The van der Waals surface area contributed by atoms with Crippen LogP contribution in [0.1, 0.15) is 5.76 Å². The average Bonchev–Trinajstić information content (AvgIpc) is 2.84. The van der Waals surface area contributed by atoms with Gasteiger partial charge in [0.1, 0.15) is 54.7 Å². The number of aryl methyl sites for hydroxylation is 1.